The topological polar surface area (TPSA) is 55.1 Å². The Hall–Kier alpha value is -0.770. The number of hydrogen-bond acceptors (Lipinski definition) is 2. The maximum absolute atomic E-state index is 11.7. The van der Waals surface area contributed by atoms with Crippen molar-refractivity contribution in [2.24, 2.45) is 11.7 Å². The van der Waals surface area contributed by atoms with Gasteiger partial charge in [-0.2, -0.15) is 0 Å². The Morgan fingerprint density at radius 3 is 2.53 bits per heavy atom. The molecule has 0 radical (unpaired) electrons. The molecule has 0 bridgehead atoms. The van der Waals surface area contributed by atoms with Gasteiger partial charge in [-0.05, 0) is 43.0 Å². The summed E-state index contributed by atoms with van der Waals surface area (Å²) in [6.07, 6.45) is 2.38. The van der Waals surface area contributed by atoms with Crippen molar-refractivity contribution in [3.8, 4) is 0 Å². The molecule has 0 spiro atoms. The van der Waals surface area contributed by atoms with E-state index in [9.17, 15) is 4.79 Å². The van der Waals surface area contributed by atoms with Gasteiger partial charge in [0, 0.05) is 23.2 Å². The van der Waals surface area contributed by atoms with Gasteiger partial charge in [0.15, 0.2) is 0 Å². The van der Waals surface area contributed by atoms with Gasteiger partial charge in [-0.15, -0.1) is 12.4 Å². The van der Waals surface area contributed by atoms with Crippen LogP contribution in [0.15, 0.2) is 24.3 Å². The highest BCUT2D eigenvalue weighted by Crippen LogP contribution is 2.31. The molecule has 3 N–H and O–H groups in total. The molecule has 5 heteroatoms. The summed E-state index contributed by atoms with van der Waals surface area (Å²) in [5.74, 6) is 0.512. The monoisotopic (exact) mass is 274 g/mol. The van der Waals surface area contributed by atoms with Crippen molar-refractivity contribution in [3.05, 3.63) is 34.9 Å². The first kappa shape index (κ1) is 14.3. The molecule has 94 valence electrons. The SMILES string of the molecule is Cl.NC(CNC(=O)c1ccc(Cl)cc1)C1CC1. The predicted molar refractivity (Wildman–Crippen MR) is 71.7 cm³/mol. The Morgan fingerprint density at radius 1 is 1.41 bits per heavy atom. The summed E-state index contributed by atoms with van der Waals surface area (Å²) in [6.45, 7) is 0.548. The minimum absolute atomic E-state index is 0. The Balaban J connectivity index is 0.00000144. The van der Waals surface area contributed by atoms with E-state index in [1.165, 1.54) is 12.8 Å². The van der Waals surface area contributed by atoms with E-state index >= 15 is 0 Å². The second-order valence-corrected chi connectivity index (χ2v) is 4.65. The fourth-order valence-corrected chi connectivity index (χ4v) is 1.73. The van der Waals surface area contributed by atoms with Crippen molar-refractivity contribution in [3.63, 3.8) is 0 Å². The van der Waals surface area contributed by atoms with E-state index in [1.54, 1.807) is 24.3 Å². The van der Waals surface area contributed by atoms with Gasteiger partial charge in [0.05, 0.1) is 0 Å². The summed E-state index contributed by atoms with van der Waals surface area (Å²) in [7, 11) is 0. The van der Waals surface area contributed by atoms with Crippen LogP contribution in [0.25, 0.3) is 0 Å². The second-order valence-electron chi connectivity index (χ2n) is 4.22. The first-order valence-electron chi connectivity index (χ1n) is 5.46. The van der Waals surface area contributed by atoms with Crippen LogP contribution in [0.2, 0.25) is 5.02 Å². The molecule has 1 aliphatic carbocycles. The van der Waals surface area contributed by atoms with Crippen molar-refractivity contribution >= 4 is 29.9 Å². The number of carbonyl (C=O) groups excluding carboxylic acids is 1. The average molecular weight is 275 g/mol. The number of carbonyl (C=O) groups is 1. The zero-order valence-corrected chi connectivity index (χ0v) is 10.9. The minimum Gasteiger partial charge on any atom is -0.350 e. The first-order valence-corrected chi connectivity index (χ1v) is 5.84. The second kappa shape index (κ2) is 6.24. The summed E-state index contributed by atoms with van der Waals surface area (Å²) in [4.78, 5) is 11.7. The van der Waals surface area contributed by atoms with E-state index in [2.05, 4.69) is 5.32 Å². The Labute approximate surface area is 112 Å². The summed E-state index contributed by atoms with van der Waals surface area (Å²) >= 11 is 5.74. The Bertz CT molecular complexity index is 377. The van der Waals surface area contributed by atoms with Gasteiger partial charge in [0.1, 0.15) is 0 Å². The summed E-state index contributed by atoms with van der Waals surface area (Å²) in [5, 5.41) is 3.46. The van der Waals surface area contributed by atoms with Crippen molar-refractivity contribution in [2.75, 3.05) is 6.54 Å². The lowest BCUT2D eigenvalue weighted by Gasteiger charge is -2.11. The van der Waals surface area contributed by atoms with Crippen LogP contribution in [-0.2, 0) is 0 Å². The van der Waals surface area contributed by atoms with Crippen molar-refractivity contribution in [2.45, 2.75) is 18.9 Å². The third-order valence-electron chi connectivity index (χ3n) is 2.83. The maximum Gasteiger partial charge on any atom is 0.251 e. The zero-order valence-electron chi connectivity index (χ0n) is 9.36. The third-order valence-corrected chi connectivity index (χ3v) is 3.08. The molecule has 1 amide bonds. The molecule has 1 saturated carbocycles. The average Bonchev–Trinajstić information content (AvgIpc) is 3.10. The van der Waals surface area contributed by atoms with Gasteiger partial charge in [0.2, 0.25) is 0 Å². The molecule has 0 aromatic heterocycles. The van der Waals surface area contributed by atoms with Crippen LogP contribution in [0.5, 0.6) is 0 Å². The van der Waals surface area contributed by atoms with E-state index in [0.29, 0.717) is 23.0 Å². The highest BCUT2D eigenvalue weighted by Gasteiger charge is 2.28. The van der Waals surface area contributed by atoms with Crippen molar-refractivity contribution < 1.29 is 4.79 Å². The summed E-state index contributed by atoms with van der Waals surface area (Å²) < 4.78 is 0. The summed E-state index contributed by atoms with van der Waals surface area (Å²) in [5.41, 5.74) is 6.51. The molecule has 2 rings (SSSR count). The number of benzene rings is 1. The van der Waals surface area contributed by atoms with E-state index in [-0.39, 0.29) is 24.4 Å². The lowest BCUT2D eigenvalue weighted by Crippen LogP contribution is -2.38. The molecule has 1 aliphatic rings. The van der Waals surface area contributed by atoms with E-state index in [1.807, 2.05) is 0 Å². The smallest absolute Gasteiger partial charge is 0.251 e. The number of halogens is 2. The van der Waals surface area contributed by atoms with Crippen molar-refractivity contribution in [1.82, 2.24) is 5.32 Å². The summed E-state index contributed by atoms with van der Waals surface area (Å²) in [6, 6.07) is 6.92. The van der Waals surface area contributed by atoms with Crippen LogP contribution >= 0.6 is 24.0 Å². The standard InChI is InChI=1S/C12H15ClN2O.ClH/c13-10-5-3-9(4-6-10)12(16)15-7-11(14)8-1-2-8;/h3-6,8,11H,1-2,7,14H2,(H,15,16);1H. The molecule has 1 aromatic rings. The molecule has 1 aromatic carbocycles. The molecule has 1 unspecified atom stereocenters. The largest absolute Gasteiger partial charge is 0.350 e. The molecule has 0 heterocycles. The molecule has 1 fully saturated rings. The van der Waals surface area contributed by atoms with Crippen LogP contribution in [0.3, 0.4) is 0 Å². The molecule has 17 heavy (non-hydrogen) atoms. The van der Waals surface area contributed by atoms with Gasteiger partial charge < -0.3 is 11.1 Å². The predicted octanol–water partition coefficient (Wildman–Crippen LogP) is 2.23. The van der Waals surface area contributed by atoms with Gasteiger partial charge in [-0.1, -0.05) is 11.6 Å². The van der Waals surface area contributed by atoms with E-state index in [4.69, 9.17) is 17.3 Å². The maximum atomic E-state index is 11.7. The Morgan fingerprint density at radius 2 is 2.00 bits per heavy atom. The fourth-order valence-electron chi connectivity index (χ4n) is 1.60. The van der Waals surface area contributed by atoms with E-state index in [0.717, 1.165) is 0 Å². The zero-order chi connectivity index (χ0) is 11.5. The lowest BCUT2D eigenvalue weighted by atomic mass is 10.2. The van der Waals surface area contributed by atoms with Crippen LogP contribution < -0.4 is 11.1 Å². The van der Waals surface area contributed by atoms with Crippen LogP contribution in [0, 0.1) is 5.92 Å². The number of nitrogens with one attached hydrogen (secondary N) is 1. The van der Waals surface area contributed by atoms with Crippen LogP contribution in [0.1, 0.15) is 23.2 Å². The third kappa shape index (κ3) is 4.19. The highest BCUT2D eigenvalue weighted by atomic mass is 35.5. The van der Waals surface area contributed by atoms with Gasteiger partial charge >= 0.3 is 0 Å². The molecular weight excluding hydrogens is 259 g/mol. The fraction of sp³-hybridized carbons (Fsp3) is 0.417. The molecule has 3 nitrogen and oxygen atoms in total. The first-order chi connectivity index (χ1) is 7.66. The molecular formula is C12H16Cl2N2O. The van der Waals surface area contributed by atoms with Gasteiger partial charge in [-0.25, -0.2) is 0 Å². The van der Waals surface area contributed by atoms with Crippen molar-refractivity contribution in [1.29, 1.82) is 0 Å². The Kier molecular flexibility index (Phi) is 5.25. The van der Waals surface area contributed by atoms with Crippen LogP contribution in [-0.4, -0.2) is 18.5 Å². The van der Waals surface area contributed by atoms with E-state index < -0.39 is 0 Å². The van der Waals surface area contributed by atoms with Gasteiger partial charge in [0.25, 0.3) is 5.91 Å². The molecule has 0 aliphatic heterocycles. The lowest BCUT2D eigenvalue weighted by molar-refractivity contribution is 0.0950. The van der Waals surface area contributed by atoms with Crippen LogP contribution in [0.4, 0.5) is 0 Å². The normalized spacial score (nSPS) is 15.9. The number of amides is 1. The van der Waals surface area contributed by atoms with Gasteiger partial charge in [-0.3, -0.25) is 4.79 Å². The molecule has 1 atom stereocenters. The molecule has 0 saturated heterocycles. The highest BCUT2D eigenvalue weighted by molar-refractivity contribution is 6.30. The quantitative estimate of drug-likeness (QED) is 0.885. The number of rotatable bonds is 4. The minimum atomic E-state index is -0.0900. The number of nitrogens with two attached hydrogens (primary N) is 1. The number of hydrogen-bond donors (Lipinski definition) is 2.